The molecule has 0 bridgehead atoms. The number of fused-ring (bicyclic) bond motifs is 3. The first-order valence-corrected chi connectivity index (χ1v) is 8.40. The van der Waals surface area contributed by atoms with Gasteiger partial charge in [0.05, 0.1) is 11.0 Å². The van der Waals surface area contributed by atoms with Crippen molar-refractivity contribution in [2.24, 2.45) is 5.92 Å². The number of nitro groups is 1. The summed E-state index contributed by atoms with van der Waals surface area (Å²) in [7, 11) is 0. The zero-order valence-electron chi connectivity index (χ0n) is 13.2. The number of nitrogens with one attached hydrogen (secondary N) is 1. The Morgan fingerprint density at radius 1 is 1.29 bits per heavy atom. The lowest BCUT2D eigenvalue weighted by Gasteiger charge is -2.38. The molecule has 0 aromatic heterocycles. The highest BCUT2D eigenvalue weighted by molar-refractivity contribution is 6.30. The molecule has 4 rings (SSSR count). The van der Waals surface area contributed by atoms with Crippen molar-refractivity contribution in [3.63, 3.8) is 0 Å². The van der Waals surface area contributed by atoms with Gasteiger partial charge in [0.15, 0.2) is 0 Å². The molecule has 2 aliphatic rings. The van der Waals surface area contributed by atoms with Crippen LogP contribution in [0.5, 0.6) is 0 Å². The first kappa shape index (κ1) is 15.2. The molecule has 0 amide bonds. The Bertz CT molecular complexity index is 862. The van der Waals surface area contributed by atoms with Gasteiger partial charge in [-0.25, -0.2) is 0 Å². The molecule has 1 aliphatic heterocycles. The van der Waals surface area contributed by atoms with Gasteiger partial charge in [-0.1, -0.05) is 35.9 Å². The van der Waals surface area contributed by atoms with Crippen molar-refractivity contribution >= 4 is 23.0 Å². The van der Waals surface area contributed by atoms with Gasteiger partial charge < -0.3 is 5.32 Å². The van der Waals surface area contributed by atoms with Gasteiger partial charge in [0.1, 0.15) is 0 Å². The third-order valence-corrected chi connectivity index (χ3v) is 5.30. The van der Waals surface area contributed by atoms with E-state index >= 15 is 0 Å². The Morgan fingerprint density at radius 3 is 2.88 bits per heavy atom. The van der Waals surface area contributed by atoms with Crippen LogP contribution in [0.4, 0.5) is 11.4 Å². The maximum atomic E-state index is 11.2. The zero-order valence-corrected chi connectivity index (χ0v) is 14.0. The van der Waals surface area contributed by atoms with Gasteiger partial charge in [0.25, 0.3) is 5.69 Å². The van der Waals surface area contributed by atoms with Crippen LogP contribution >= 0.6 is 11.6 Å². The molecule has 2 aromatic rings. The molecule has 1 aliphatic carbocycles. The Kier molecular flexibility index (Phi) is 3.57. The monoisotopic (exact) mass is 340 g/mol. The molecule has 0 saturated heterocycles. The van der Waals surface area contributed by atoms with E-state index in [0.717, 1.165) is 33.8 Å². The van der Waals surface area contributed by atoms with E-state index in [-0.39, 0.29) is 22.6 Å². The van der Waals surface area contributed by atoms with Crippen LogP contribution in [0.3, 0.4) is 0 Å². The highest BCUT2D eigenvalue weighted by Gasteiger charge is 2.39. The third-order valence-electron chi connectivity index (χ3n) is 5.07. The number of hydrogen-bond acceptors (Lipinski definition) is 3. The molecule has 2 aromatic carbocycles. The zero-order chi connectivity index (χ0) is 16.8. The number of anilines is 1. The first-order valence-electron chi connectivity index (χ1n) is 8.02. The molecule has 24 heavy (non-hydrogen) atoms. The van der Waals surface area contributed by atoms with Crippen LogP contribution in [0.25, 0.3) is 0 Å². The van der Waals surface area contributed by atoms with Crippen LogP contribution in [0.1, 0.15) is 35.1 Å². The van der Waals surface area contributed by atoms with Crippen molar-refractivity contribution in [1.29, 1.82) is 0 Å². The van der Waals surface area contributed by atoms with E-state index in [2.05, 4.69) is 23.5 Å². The van der Waals surface area contributed by atoms with E-state index < -0.39 is 0 Å². The molecule has 3 atom stereocenters. The fourth-order valence-corrected chi connectivity index (χ4v) is 4.20. The summed E-state index contributed by atoms with van der Waals surface area (Å²) in [6.07, 6.45) is 5.32. The molecule has 0 unspecified atom stereocenters. The summed E-state index contributed by atoms with van der Waals surface area (Å²) in [5.74, 6) is 0.543. The number of aryl methyl sites for hydroxylation is 1. The summed E-state index contributed by atoms with van der Waals surface area (Å²) >= 11 is 6.18. The SMILES string of the molecule is Cc1cc([N+](=O)[O-])cc2c1N[C@H](c1cccc(Cl)c1)[C@@H]1CC=C[C@@H]21. The predicted molar refractivity (Wildman–Crippen MR) is 95.6 cm³/mol. The van der Waals surface area contributed by atoms with Gasteiger partial charge in [0, 0.05) is 28.8 Å². The minimum Gasteiger partial charge on any atom is -0.377 e. The second-order valence-corrected chi connectivity index (χ2v) is 6.95. The molecule has 0 fully saturated rings. The molecule has 0 spiro atoms. The van der Waals surface area contributed by atoms with Crippen LogP contribution in [-0.2, 0) is 0 Å². The molecule has 1 heterocycles. The van der Waals surface area contributed by atoms with Crippen LogP contribution in [-0.4, -0.2) is 4.92 Å². The molecule has 4 nitrogen and oxygen atoms in total. The van der Waals surface area contributed by atoms with Crippen LogP contribution < -0.4 is 5.32 Å². The maximum absolute atomic E-state index is 11.2. The average molecular weight is 341 g/mol. The van der Waals surface area contributed by atoms with Crippen molar-refractivity contribution in [1.82, 2.24) is 0 Å². The van der Waals surface area contributed by atoms with E-state index in [1.54, 1.807) is 12.1 Å². The first-order chi connectivity index (χ1) is 11.5. The summed E-state index contributed by atoms with van der Waals surface area (Å²) in [6, 6.07) is 11.4. The van der Waals surface area contributed by atoms with Crippen molar-refractivity contribution in [2.45, 2.75) is 25.3 Å². The van der Waals surface area contributed by atoms with E-state index in [0.29, 0.717) is 5.92 Å². The summed E-state index contributed by atoms with van der Waals surface area (Å²) in [6.45, 7) is 1.92. The predicted octanol–water partition coefficient (Wildman–Crippen LogP) is 5.38. The van der Waals surface area contributed by atoms with E-state index in [1.807, 2.05) is 25.1 Å². The number of non-ortho nitro benzene ring substituents is 1. The van der Waals surface area contributed by atoms with Crippen LogP contribution in [0.15, 0.2) is 48.6 Å². The van der Waals surface area contributed by atoms with E-state index in [1.165, 1.54) is 0 Å². The van der Waals surface area contributed by atoms with E-state index in [4.69, 9.17) is 11.6 Å². The van der Waals surface area contributed by atoms with Crippen molar-refractivity contribution in [3.8, 4) is 0 Å². The summed E-state index contributed by atoms with van der Waals surface area (Å²) in [5, 5.41) is 15.6. The Hall–Kier alpha value is -2.33. The van der Waals surface area contributed by atoms with Gasteiger partial charge in [-0.2, -0.15) is 0 Å². The van der Waals surface area contributed by atoms with Crippen molar-refractivity contribution in [2.75, 3.05) is 5.32 Å². The lowest BCUT2D eigenvalue weighted by Crippen LogP contribution is -2.29. The molecule has 122 valence electrons. The topological polar surface area (TPSA) is 55.2 Å². The number of nitrogens with zero attached hydrogens (tertiary/aromatic N) is 1. The van der Waals surface area contributed by atoms with Gasteiger partial charge in [-0.05, 0) is 48.1 Å². The number of benzene rings is 2. The highest BCUT2D eigenvalue weighted by Crippen LogP contribution is 2.51. The van der Waals surface area contributed by atoms with Gasteiger partial charge in [-0.15, -0.1) is 0 Å². The number of allylic oxidation sites excluding steroid dienone is 2. The molecule has 0 radical (unpaired) electrons. The quantitative estimate of drug-likeness (QED) is 0.453. The van der Waals surface area contributed by atoms with Crippen molar-refractivity contribution in [3.05, 3.63) is 80.4 Å². The Balaban J connectivity index is 1.83. The molecule has 0 saturated carbocycles. The largest absolute Gasteiger partial charge is 0.377 e. The van der Waals surface area contributed by atoms with Gasteiger partial charge in [0.2, 0.25) is 0 Å². The lowest BCUT2D eigenvalue weighted by molar-refractivity contribution is -0.385. The summed E-state index contributed by atoms with van der Waals surface area (Å²) in [5.41, 5.74) is 4.26. The number of nitro benzene ring substituents is 1. The number of halogens is 1. The summed E-state index contributed by atoms with van der Waals surface area (Å²) in [4.78, 5) is 10.9. The highest BCUT2D eigenvalue weighted by atomic mass is 35.5. The molecule has 1 N–H and O–H groups in total. The van der Waals surface area contributed by atoms with Gasteiger partial charge >= 0.3 is 0 Å². The Morgan fingerprint density at radius 2 is 2.12 bits per heavy atom. The maximum Gasteiger partial charge on any atom is 0.270 e. The fraction of sp³-hybridized carbons (Fsp3) is 0.263. The standard InChI is InChI=1S/C19H17ClN2O2/c1-11-8-14(22(23)24)10-17-15-6-3-7-16(15)19(21-18(11)17)12-4-2-5-13(20)9-12/h2-6,8-10,15-16,19,21H,7H2,1H3/t15-,16-,19-/m1/s1. The molecular formula is C19H17ClN2O2. The lowest BCUT2D eigenvalue weighted by atomic mass is 9.76. The molecular weight excluding hydrogens is 324 g/mol. The fourth-order valence-electron chi connectivity index (χ4n) is 4.00. The van der Waals surface area contributed by atoms with Crippen molar-refractivity contribution < 1.29 is 4.92 Å². The Labute approximate surface area is 145 Å². The minimum absolute atomic E-state index is 0.149. The normalized spacial score (nSPS) is 24.2. The van der Waals surface area contributed by atoms with E-state index in [9.17, 15) is 10.1 Å². The number of rotatable bonds is 2. The van der Waals surface area contributed by atoms with Gasteiger partial charge in [-0.3, -0.25) is 10.1 Å². The van der Waals surface area contributed by atoms with Crippen LogP contribution in [0, 0.1) is 23.0 Å². The minimum atomic E-state index is -0.315. The van der Waals surface area contributed by atoms with Crippen LogP contribution in [0.2, 0.25) is 5.02 Å². The second kappa shape index (κ2) is 5.64. The third kappa shape index (κ3) is 2.38. The second-order valence-electron chi connectivity index (χ2n) is 6.51. The number of hydrogen-bond donors (Lipinski definition) is 1. The molecule has 5 heteroatoms. The average Bonchev–Trinajstić information content (AvgIpc) is 3.04. The smallest absolute Gasteiger partial charge is 0.270 e. The summed E-state index contributed by atoms with van der Waals surface area (Å²) < 4.78 is 0.